The average molecular weight is 386 g/mol. The molecule has 0 spiro atoms. The molecule has 0 atom stereocenters. The third kappa shape index (κ3) is 3.33. The Kier molecular flexibility index (Phi) is 4.33. The number of amides is 2. The molecule has 2 amide bonds. The summed E-state index contributed by atoms with van der Waals surface area (Å²) in [6, 6.07) is 8.49. The van der Waals surface area contributed by atoms with E-state index < -0.39 is 34.9 Å². The lowest BCUT2D eigenvalue weighted by Gasteiger charge is -2.14. The van der Waals surface area contributed by atoms with Gasteiger partial charge < -0.3 is 9.57 Å². The second kappa shape index (κ2) is 6.34. The van der Waals surface area contributed by atoms with Gasteiger partial charge in [-0.3, -0.25) is 9.59 Å². The summed E-state index contributed by atoms with van der Waals surface area (Å²) in [4.78, 5) is 41.1. The van der Waals surface area contributed by atoms with E-state index >= 15 is 0 Å². The molecule has 3 rings (SSSR count). The van der Waals surface area contributed by atoms with Gasteiger partial charge in [-0.05, 0) is 30.3 Å². The Bertz CT molecular complexity index is 893. The van der Waals surface area contributed by atoms with Gasteiger partial charge >= 0.3 is 12.3 Å². The van der Waals surface area contributed by atoms with Gasteiger partial charge in [-0.25, -0.2) is 4.79 Å². The number of carbonyl (C=O) groups is 3. The second-order valence-electron chi connectivity index (χ2n) is 5.02. The lowest BCUT2D eigenvalue weighted by molar-refractivity contribution is -0.274. The molecule has 1 heterocycles. The van der Waals surface area contributed by atoms with Crippen molar-refractivity contribution in [2.45, 2.75) is 6.36 Å². The quantitative estimate of drug-likeness (QED) is 0.755. The zero-order chi connectivity index (χ0) is 19.1. The van der Waals surface area contributed by atoms with Gasteiger partial charge in [-0.15, -0.1) is 13.2 Å². The molecule has 0 saturated heterocycles. The number of alkyl halides is 3. The summed E-state index contributed by atoms with van der Waals surface area (Å²) < 4.78 is 40.3. The van der Waals surface area contributed by atoms with Crippen LogP contribution in [0, 0.1) is 0 Å². The van der Waals surface area contributed by atoms with Crippen molar-refractivity contribution in [3.63, 3.8) is 0 Å². The number of hydrogen-bond donors (Lipinski definition) is 0. The van der Waals surface area contributed by atoms with E-state index in [4.69, 9.17) is 16.4 Å². The summed E-state index contributed by atoms with van der Waals surface area (Å²) in [5.41, 5.74) is -0.143. The van der Waals surface area contributed by atoms with Crippen LogP contribution in [0.25, 0.3) is 0 Å². The summed E-state index contributed by atoms with van der Waals surface area (Å²) in [6.07, 6.45) is -4.95. The fourth-order valence-corrected chi connectivity index (χ4v) is 2.44. The number of fused-ring (bicyclic) bond motifs is 1. The van der Waals surface area contributed by atoms with Crippen LogP contribution in [0.4, 0.5) is 13.2 Å². The molecule has 0 aliphatic carbocycles. The number of ether oxygens (including phenoxy) is 1. The Morgan fingerprint density at radius 2 is 1.58 bits per heavy atom. The number of hydrogen-bond acceptors (Lipinski definition) is 5. The number of benzene rings is 2. The fraction of sp³-hybridized carbons (Fsp3) is 0.0625. The van der Waals surface area contributed by atoms with Crippen molar-refractivity contribution in [1.82, 2.24) is 5.06 Å². The Morgan fingerprint density at radius 3 is 2.08 bits per heavy atom. The summed E-state index contributed by atoms with van der Waals surface area (Å²) in [5.74, 6) is -3.53. The largest absolute Gasteiger partial charge is 0.573 e. The molecule has 0 N–H and O–H groups in total. The van der Waals surface area contributed by atoms with E-state index in [2.05, 4.69) is 4.74 Å². The summed E-state index contributed by atoms with van der Waals surface area (Å²) in [7, 11) is 0. The predicted octanol–water partition coefficient (Wildman–Crippen LogP) is 3.61. The van der Waals surface area contributed by atoms with Gasteiger partial charge in [-0.2, -0.15) is 0 Å². The predicted molar refractivity (Wildman–Crippen MR) is 80.5 cm³/mol. The first-order valence-corrected chi connectivity index (χ1v) is 7.30. The summed E-state index contributed by atoms with van der Waals surface area (Å²) >= 11 is 5.65. The highest BCUT2D eigenvalue weighted by Gasteiger charge is 2.39. The zero-order valence-corrected chi connectivity index (χ0v) is 13.3. The van der Waals surface area contributed by atoms with Gasteiger partial charge in [0.2, 0.25) is 0 Å². The molecule has 0 fully saturated rings. The first kappa shape index (κ1) is 17.7. The van der Waals surface area contributed by atoms with Gasteiger partial charge in [0.25, 0.3) is 11.8 Å². The maximum absolute atomic E-state index is 12.2. The maximum Gasteiger partial charge on any atom is 0.573 e. The third-order valence-electron chi connectivity index (χ3n) is 3.32. The van der Waals surface area contributed by atoms with Crippen molar-refractivity contribution >= 4 is 29.4 Å². The Balaban J connectivity index is 1.78. The number of halogens is 4. The van der Waals surface area contributed by atoms with Crippen LogP contribution in [0.2, 0.25) is 5.02 Å². The van der Waals surface area contributed by atoms with Crippen molar-refractivity contribution in [3.8, 4) is 5.75 Å². The van der Waals surface area contributed by atoms with E-state index in [-0.39, 0.29) is 21.8 Å². The Morgan fingerprint density at radius 1 is 1.00 bits per heavy atom. The van der Waals surface area contributed by atoms with Crippen molar-refractivity contribution in [3.05, 3.63) is 64.2 Å². The van der Waals surface area contributed by atoms with E-state index in [1.165, 1.54) is 24.3 Å². The topological polar surface area (TPSA) is 72.9 Å². The van der Waals surface area contributed by atoms with Crippen LogP contribution >= 0.6 is 11.6 Å². The normalized spacial score (nSPS) is 13.6. The monoisotopic (exact) mass is 385 g/mol. The molecule has 0 unspecified atom stereocenters. The summed E-state index contributed by atoms with van der Waals surface area (Å²) in [6.45, 7) is 0. The summed E-state index contributed by atoms with van der Waals surface area (Å²) in [5, 5.41) is -0.222. The highest BCUT2D eigenvalue weighted by molar-refractivity contribution is 6.32. The minimum atomic E-state index is -4.95. The van der Waals surface area contributed by atoms with E-state index in [0.717, 1.165) is 18.2 Å². The van der Waals surface area contributed by atoms with Crippen molar-refractivity contribution < 1.29 is 37.1 Å². The maximum atomic E-state index is 12.2. The Hall–Kier alpha value is -3.07. The lowest BCUT2D eigenvalue weighted by Crippen LogP contribution is -2.32. The highest BCUT2D eigenvalue weighted by Crippen LogP contribution is 2.31. The minimum absolute atomic E-state index is 0.0669. The molecule has 0 bridgehead atoms. The molecule has 0 saturated carbocycles. The molecule has 1 aliphatic heterocycles. The van der Waals surface area contributed by atoms with Gasteiger partial charge in [-0.1, -0.05) is 28.8 Å². The van der Waals surface area contributed by atoms with Gasteiger partial charge in [0.1, 0.15) is 5.75 Å². The van der Waals surface area contributed by atoms with E-state index in [9.17, 15) is 27.6 Å². The molecular formula is C16H7ClF3NO5. The van der Waals surface area contributed by atoms with Crippen LogP contribution in [0.15, 0.2) is 42.5 Å². The second-order valence-corrected chi connectivity index (χ2v) is 5.43. The van der Waals surface area contributed by atoms with Crippen LogP contribution in [0.1, 0.15) is 31.1 Å². The van der Waals surface area contributed by atoms with Crippen LogP contribution in [0.3, 0.4) is 0 Å². The van der Waals surface area contributed by atoms with Gasteiger partial charge in [0.15, 0.2) is 0 Å². The number of rotatable bonds is 3. The number of carbonyl (C=O) groups excluding carboxylic acids is 3. The number of hydroxylamine groups is 2. The molecule has 6 nitrogen and oxygen atoms in total. The average Bonchev–Trinajstić information content (AvgIpc) is 2.81. The smallest absolute Gasteiger partial charge is 0.404 e. The van der Waals surface area contributed by atoms with Crippen LogP contribution < -0.4 is 4.74 Å². The van der Waals surface area contributed by atoms with Crippen molar-refractivity contribution in [1.29, 1.82) is 0 Å². The van der Waals surface area contributed by atoms with E-state index in [1.54, 1.807) is 0 Å². The molecule has 2 aromatic carbocycles. The SMILES string of the molecule is O=C(ON1C(=O)c2ccccc2C1=O)c1ccc(OC(F)(F)F)c(Cl)c1. The van der Waals surface area contributed by atoms with E-state index in [0.29, 0.717) is 0 Å². The number of imide groups is 1. The molecule has 134 valence electrons. The molecule has 2 aromatic rings. The van der Waals surface area contributed by atoms with Crippen LogP contribution in [-0.2, 0) is 4.84 Å². The zero-order valence-electron chi connectivity index (χ0n) is 12.5. The van der Waals surface area contributed by atoms with Gasteiger partial charge in [0, 0.05) is 0 Å². The third-order valence-corrected chi connectivity index (χ3v) is 3.62. The molecule has 1 aliphatic rings. The first-order chi connectivity index (χ1) is 12.2. The fourth-order valence-electron chi connectivity index (χ4n) is 2.22. The standard InChI is InChI=1S/C16H7ClF3NO5/c17-11-7-8(5-6-12(11)25-16(18,19)20)15(24)26-21-13(22)9-3-1-2-4-10(9)14(21)23/h1-7H. The molecule has 26 heavy (non-hydrogen) atoms. The van der Waals surface area contributed by atoms with Crippen LogP contribution in [-0.4, -0.2) is 29.2 Å². The molecule has 10 heteroatoms. The highest BCUT2D eigenvalue weighted by atomic mass is 35.5. The van der Waals surface area contributed by atoms with Crippen molar-refractivity contribution in [2.24, 2.45) is 0 Å². The molecule has 0 radical (unpaired) electrons. The van der Waals surface area contributed by atoms with E-state index in [1.807, 2.05) is 0 Å². The first-order valence-electron chi connectivity index (χ1n) is 6.93. The Labute approximate surface area is 148 Å². The minimum Gasteiger partial charge on any atom is -0.404 e. The van der Waals surface area contributed by atoms with Crippen molar-refractivity contribution in [2.75, 3.05) is 0 Å². The van der Waals surface area contributed by atoms with Gasteiger partial charge in [0.05, 0.1) is 21.7 Å². The number of nitrogens with zero attached hydrogens (tertiary/aromatic N) is 1. The molecular weight excluding hydrogens is 379 g/mol. The molecule has 0 aromatic heterocycles. The lowest BCUT2D eigenvalue weighted by atomic mass is 10.1. The van der Waals surface area contributed by atoms with Crippen LogP contribution in [0.5, 0.6) is 5.75 Å².